The molecular weight excluding hydrogens is 326 g/mol. The van der Waals surface area contributed by atoms with Crippen molar-refractivity contribution in [3.8, 4) is 5.69 Å². The third-order valence-electron chi connectivity index (χ3n) is 4.94. The average Bonchev–Trinajstić information content (AvgIpc) is 3.27. The van der Waals surface area contributed by atoms with E-state index in [2.05, 4.69) is 5.10 Å². The Morgan fingerprint density at radius 2 is 2.12 bits per heavy atom. The number of carbonyl (C=O) groups is 1. The van der Waals surface area contributed by atoms with Crippen molar-refractivity contribution >= 4 is 12.0 Å². The van der Waals surface area contributed by atoms with Gasteiger partial charge < -0.3 is 9.64 Å². The highest BCUT2D eigenvalue weighted by atomic mass is 16.5. The zero-order valence-electron chi connectivity index (χ0n) is 15.8. The quantitative estimate of drug-likeness (QED) is 0.748. The zero-order valence-corrected chi connectivity index (χ0v) is 15.8. The van der Waals surface area contributed by atoms with E-state index in [0.717, 1.165) is 48.8 Å². The van der Waals surface area contributed by atoms with Crippen molar-refractivity contribution in [1.29, 1.82) is 0 Å². The van der Waals surface area contributed by atoms with E-state index in [9.17, 15) is 4.79 Å². The summed E-state index contributed by atoms with van der Waals surface area (Å²) in [5, 5.41) is 4.63. The van der Waals surface area contributed by atoms with Gasteiger partial charge in [0.15, 0.2) is 0 Å². The maximum Gasteiger partial charge on any atom is 0.246 e. The molecule has 5 heteroatoms. The summed E-state index contributed by atoms with van der Waals surface area (Å²) in [5.41, 5.74) is 3.98. The molecule has 1 atom stereocenters. The number of aryl methyl sites for hydroxylation is 1. The van der Waals surface area contributed by atoms with Gasteiger partial charge in [0.05, 0.1) is 18.0 Å². The minimum Gasteiger partial charge on any atom is -0.381 e. The van der Waals surface area contributed by atoms with E-state index >= 15 is 0 Å². The van der Waals surface area contributed by atoms with E-state index in [4.69, 9.17) is 4.74 Å². The number of carbonyl (C=O) groups excluding carboxylic acids is 1. The number of hydrogen-bond acceptors (Lipinski definition) is 3. The predicted molar refractivity (Wildman–Crippen MR) is 103 cm³/mol. The lowest BCUT2D eigenvalue weighted by Gasteiger charge is -2.22. The van der Waals surface area contributed by atoms with Gasteiger partial charge in [-0.1, -0.05) is 18.2 Å². The molecule has 1 saturated heterocycles. The molecule has 1 aromatic carbocycles. The maximum atomic E-state index is 12.6. The monoisotopic (exact) mass is 353 g/mol. The van der Waals surface area contributed by atoms with Crippen LogP contribution in [0.2, 0.25) is 0 Å². The van der Waals surface area contributed by atoms with Crippen LogP contribution >= 0.6 is 0 Å². The summed E-state index contributed by atoms with van der Waals surface area (Å²) in [4.78, 5) is 14.5. The minimum absolute atomic E-state index is 0.0469. The van der Waals surface area contributed by atoms with E-state index in [-0.39, 0.29) is 5.91 Å². The van der Waals surface area contributed by atoms with E-state index in [1.807, 2.05) is 66.8 Å². The first-order chi connectivity index (χ1) is 12.6. The standard InChI is InChI=1S/C21H27N3O2/c1-4-23(14-18-12-13-26-15-18)21(25)11-10-20-16(2)22-24(17(20)3)19-8-6-5-7-9-19/h5-11,18H,4,12-15H2,1-3H3/b11-10+/t18-/m0/s1. The van der Waals surface area contributed by atoms with Crippen molar-refractivity contribution in [2.24, 2.45) is 5.92 Å². The number of ether oxygens (including phenoxy) is 1. The van der Waals surface area contributed by atoms with Crippen LogP contribution in [-0.4, -0.2) is 46.9 Å². The van der Waals surface area contributed by atoms with Gasteiger partial charge in [0.25, 0.3) is 0 Å². The molecule has 2 aromatic rings. The highest BCUT2D eigenvalue weighted by Crippen LogP contribution is 2.19. The SMILES string of the molecule is CCN(C[C@@H]1CCOC1)C(=O)/C=C/c1c(C)nn(-c2ccccc2)c1C. The van der Waals surface area contributed by atoms with Crippen molar-refractivity contribution in [2.45, 2.75) is 27.2 Å². The molecule has 1 aliphatic heterocycles. The summed E-state index contributed by atoms with van der Waals surface area (Å²) in [7, 11) is 0. The molecule has 1 amide bonds. The van der Waals surface area contributed by atoms with Gasteiger partial charge in [-0.05, 0) is 45.4 Å². The lowest BCUT2D eigenvalue weighted by Crippen LogP contribution is -2.34. The van der Waals surface area contributed by atoms with Crippen molar-refractivity contribution in [1.82, 2.24) is 14.7 Å². The van der Waals surface area contributed by atoms with Crippen LogP contribution < -0.4 is 0 Å². The molecule has 0 aliphatic carbocycles. The predicted octanol–water partition coefficient (Wildman–Crippen LogP) is 3.39. The minimum atomic E-state index is 0.0469. The van der Waals surface area contributed by atoms with Gasteiger partial charge in [0.1, 0.15) is 0 Å². The largest absolute Gasteiger partial charge is 0.381 e. The van der Waals surface area contributed by atoms with Gasteiger partial charge in [-0.25, -0.2) is 4.68 Å². The Bertz CT molecular complexity index is 774. The zero-order chi connectivity index (χ0) is 18.5. The van der Waals surface area contributed by atoms with Crippen LogP contribution in [0.15, 0.2) is 36.4 Å². The lowest BCUT2D eigenvalue weighted by atomic mass is 10.1. The van der Waals surface area contributed by atoms with Gasteiger partial charge >= 0.3 is 0 Å². The van der Waals surface area contributed by atoms with Crippen molar-refractivity contribution < 1.29 is 9.53 Å². The van der Waals surface area contributed by atoms with Crippen LogP contribution in [0.4, 0.5) is 0 Å². The van der Waals surface area contributed by atoms with Gasteiger partial charge in [-0.15, -0.1) is 0 Å². The molecule has 0 saturated carbocycles. The average molecular weight is 353 g/mol. The topological polar surface area (TPSA) is 47.4 Å². The van der Waals surface area contributed by atoms with Gasteiger partial charge in [0.2, 0.25) is 5.91 Å². The summed E-state index contributed by atoms with van der Waals surface area (Å²) < 4.78 is 7.34. The summed E-state index contributed by atoms with van der Waals surface area (Å²) >= 11 is 0. The van der Waals surface area contributed by atoms with Crippen LogP contribution in [0, 0.1) is 19.8 Å². The molecule has 0 spiro atoms. The second-order valence-electron chi connectivity index (χ2n) is 6.77. The molecule has 0 unspecified atom stereocenters. The number of aromatic nitrogens is 2. The molecule has 2 heterocycles. The van der Waals surface area contributed by atoms with Crippen LogP contribution in [0.3, 0.4) is 0 Å². The molecule has 1 aromatic heterocycles. The summed E-state index contributed by atoms with van der Waals surface area (Å²) in [5.74, 6) is 0.502. The molecule has 5 nitrogen and oxygen atoms in total. The van der Waals surface area contributed by atoms with Gasteiger partial charge in [-0.3, -0.25) is 4.79 Å². The Labute approximate surface area is 155 Å². The number of rotatable bonds is 6. The molecule has 138 valence electrons. The molecule has 1 fully saturated rings. The number of nitrogens with zero attached hydrogens (tertiary/aromatic N) is 3. The third-order valence-corrected chi connectivity index (χ3v) is 4.94. The molecule has 3 rings (SSSR count). The summed E-state index contributed by atoms with van der Waals surface area (Å²) in [6, 6.07) is 10.0. The molecule has 1 aliphatic rings. The first-order valence-electron chi connectivity index (χ1n) is 9.26. The van der Waals surface area contributed by atoms with E-state index in [0.29, 0.717) is 12.5 Å². The Kier molecular flexibility index (Phi) is 5.89. The fourth-order valence-electron chi connectivity index (χ4n) is 3.39. The second-order valence-corrected chi connectivity index (χ2v) is 6.77. The first kappa shape index (κ1) is 18.4. The number of benzene rings is 1. The van der Waals surface area contributed by atoms with E-state index in [1.54, 1.807) is 6.08 Å². The van der Waals surface area contributed by atoms with Crippen LogP contribution in [0.5, 0.6) is 0 Å². The number of amides is 1. The van der Waals surface area contributed by atoms with E-state index < -0.39 is 0 Å². The van der Waals surface area contributed by atoms with Gasteiger partial charge in [-0.2, -0.15) is 5.10 Å². The second kappa shape index (κ2) is 8.32. The van der Waals surface area contributed by atoms with E-state index in [1.165, 1.54) is 0 Å². The summed E-state index contributed by atoms with van der Waals surface area (Å²) in [6.45, 7) is 9.07. The number of hydrogen-bond donors (Lipinski definition) is 0. The number of likely N-dealkylation sites (N-methyl/N-ethyl adjacent to an activating group) is 1. The Morgan fingerprint density at radius 3 is 2.77 bits per heavy atom. The third kappa shape index (κ3) is 4.05. The molecule has 0 bridgehead atoms. The van der Waals surface area contributed by atoms with Crippen molar-refractivity contribution in [3.63, 3.8) is 0 Å². The highest BCUT2D eigenvalue weighted by molar-refractivity contribution is 5.92. The van der Waals surface area contributed by atoms with Crippen molar-refractivity contribution in [2.75, 3.05) is 26.3 Å². The van der Waals surface area contributed by atoms with Gasteiger partial charge in [0, 0.05) is 42.9 Å². The molecule has 0 radical (unpaired) electrons. The van der Waals surface area contributed by atoms with Crippen molar-refractivity contribution in [3.05, 3.63) is 53.4 Å². The first-order valence-corrected chi connectivity index (χ1v) is 9.26. The lowest BCUT2D eigenvalue weighted by molar-refractivity contribution is -0.126. The Morgan fingerprint density at radius 1 is 1.35 bits per heavy atom. The number of para-hydroxylation sites is 1. The highest BCUT2D eigenvalue weighted by Gasteiger charge is 2.20. The molecule has 26 heavy (non-hydrogen) atoms. The fourth-order valence-corrected chi connectivity index (χ4v) is 3.39. The summed E-state index contributed by atoms with van der Waals surface area (Å²) in [6.07, 6.45) is 4.61. The normalized spacial score (nSPS) is 17.1. The smallest absolute Gasteiger partial charge is 0.246 e. The molecular formula is C21H27N3O2. The fraction of sp³-hybridized carbons (Fsp3) is 0.429. The Balaban J connectivity index is 1.75. The van der Waals surface area contributed by atoms with Crippen LogP contribution in [-0.2, 0) is 9.53 Å². The Hall–Kier alpha value is -2.40. The molecule has 0 N–H and O–H groups in total. The maximum absolute atomic E-state index is 12.6. The van der Waals surface area contributed by atoms with Crippen LogP contribution in [0.1, 0.15) is 30.3 Å². The van der Waals surface area contributed by atoms with Crippen LogP contribution in [0.25, 0.3) is 11.8 Å².